The first-order chi connectivity index (χ1) is 11.6. The summed E-state index contributed by atoms with van der Waals surface area (Å²) in [6, 6.07) is 13.1. The van der Waals surface area contributed by atoms with Crippen molar-refractivity contribution in [2.24, 2.45) is 5.92 Å². The smallest absolute Gasteiger partial charge is 0.307 e. The molecule has 1 aliphatic heterocycles. The highest BCUT2D eigenvalue weighted by Gasteiger charge is 2.31. The van der Waals surface area contributed by atoms with Crippen LogP contribution in [0, 0.1) is 5.92 Å². The second-order valence-electron chi connectivity index (χ2n) is 6.31. The molecule has 0 saturated carbocycles. The van der Waals surface area contributed by atoms with Crippen molar-refractivity contribution in [1.82, 2.24) is 4.90 Å². The molecule has 1 fully saturated rings. The number of thiophene rings is 1. The van der Waals surface area contributed by atoms with Gasteiger partial charge < -0.3 is 5.11 Å². The summed E-state index contributed by atoms with van der Waals surface area (Å²) in [5, 5.41) is 9.42. The quantitative estimate of drug-likeness (QED) is 0.761. The molecule has 0 amide bonds. The Hall–Kier alpha value is -1.17. The van der Waals surface area contributed by atoms with E-state index in [1.165, 1.54) is 16.0 Å². The molecule has 0 radical (unpaired) electrons. The second-order valence-corrected chi connectivity index (χ2v) is 8.81. The number of halogens is 1. The van der Waals surface area contributed by atoms with Crippen molar-refractivity contribution >= 4 is 33.2 Å². The van der Waals surface area contributed by atoms with E-state index in [4.69, 9.17) is 0 Å². The number of piperidine rings is 1. The summed E-state index contributed by atoms with van der Waals surface area (Å²) in [6.45, 7) is 3.72. The fraction of sp³-hybridized carbons (Fsp3) is 0.421. The van der Waals surface area contributed by atoms with Crippen molar-refractivity contribution in [2.75, 3.05) is 13.1 Å². The van der Waals surface area contributed by atoms with Crippen LogP contribution < -0.4 is 0 Å². The summed E-state index contributed by atoms with van der Waals surface area (Å²) in [6.07, 6.45) is 2.74. The van der Waals surface area contributed by atoms with Gasteiger partial charge >= 0.3 is 5.97 Å². The highest BCUT2D eigenvalue weighted by Crippen LogP contribution is 2.37. The number of carboxylic acid groups (broad SMARTS) is 1. The zero-order chi connectivity index (χ0) is 17.1. The van der Waals surface area contributed by atoms with Gasteiger partial charge in [0, 0.05) is 11.4 Å². The molecule has 1 aromatic carbocycles. The predicted molar refractivity (Wildman–Crippen MR) is 102 cm³/mol. The van der Waals surface area contributed by atoms with Gasteiger partial charge in [0.2, 0.25) is 0 Å². The molecule has 0 bridgehead atoms. The van der Waals surface area contributed by atoms with Gasteiger partial charge in [-0.3, -0.25) is 9.69 Å². The van der Waals surface area contributed by atoms with E-state index in [0.717, 1.165) is 29.6 Å². The number of likely N-dealkylation sites (tertiary alicyclic amines) is 1. The maximum absolute atomic E-state index is 11.5. The number of benzene rings is 1. The van der Waals surface area contributed by atoms with Crippen LogP contribution in [0.1, 0.15) is 41.8 Å². The van der Waals surface area contributed by atoms with Crippen molar-refractivity contribution in [3.63, 3.8) is 0 Å². The predicted octanol–water partition coefficient (Wildman–Crippen LogP) is 4.96. The molecule has 1 aliphatic rings. The molecule has 2 heterocycles. The van der Waals surface area contributed by atoms with Crippen molar-refractivity contribution in [3.8, 4) is 0 Å². The molecule has 3 nitrogen and oxygen atoms in total. The molecule has 2 atom stereocenters. The number of nitrogens with zero attached hydrogens (tertiary/aromatic N) is 1. The molecule has 1 N–H and O–H groups in total. The third-order valence-corrected chi connectivity index (χ3v) is 6.41. The van der Waals surface area contributed by atoms with Gasteiger partial charge in [0.25, 0.3) is 0 Å². The number of rotatable bonds is 5. The summed E-state index contributed by atoms with van der Waals surface area (Å²) in [7, 11) is 0. The summed E-state index contributed by atoms with van der Waals surface area (Å²) >= 11 is 5.29. The maximum Gasteiger partial charge on any atom is 0.307 e. The average molecular weight is 408 g/mol. The first-order valence-electron chi connectivity index (χ1n) is 8.39. The fourth-order valence-electron chi connectivity index (χ4n) is 3.41. The Morgan fingerprint density at radius 1 is 1.33 bits per heavy atom. The molecule has 1 aromatic heterocycles. The van der Waals surface area contributed by atoms with Gasteiger partial charge in [-0.15, -0.1) is 11.3 Å². The lowest BCUT2D eigenvalue weighted by Crippen LogP contribution is -2.41. The molecule has 0 spiro atoms. The molecule has 128 valence electrons. The Morgan fingerprint density at radius 3 is 2.67 bits per heavy atom. The average Bonchev–Trinajstić information content (AvgIpc) is 3.02. The van der Waals surface area contributed by atoms with Crippen molar-refractivity contribution in [3.05, 3.63) is 56.2 Å². The standard InChI is InChI=1S/C19H22BrNO2S/c1-2-13-5-7-14(8-6-13)18(16-9-10-17(20)24-16)21-11-3-4-15(12-21)19(22)23/h5-10,15,18H,2-4,11-12H2,1H3,(H,22,23). The first-order valence-corrected chi connectivity index (χ1v) is 10.0. The van der Waals surface area contributed by atoms with Crippen molar-refractivity contribution in [1.29, 1.82) is 0 Å². The van der Waals surface area contributed by atoms with Gasteiger partial charge in [-0.2, -0.15) is 0 Å². The Bertz CT molecular complexity index is 698. The summed E-state index contributed by atoms with van der Waals surface area (Å²) in [5.74, 6) is -0.938. The number of carbonyl (C=O) groups is 1. The van der Waals surface area contributed by atoms with Crippen molar-refractivity contribution in [2.45, 2.75) is 32.2 Å². The molecule has 2 unspecified atom stereocenters. The van der Waals surface area contributed by atoms with Gasteiger partial charge in [0.15, 0.2) is 0 Å². The van der Waals surface area contributed by atoms with Crippen LogP contribution in [0.3, 0.4) is 0 Å². The number of aryl methyl sites for hydroxylation is 1. The maximum atomic E-state index is 11.5. The zero-order valence-corrected chi connectivity index (χ0v) is 16.1. The molecule has 1 saturated heterocycles. The minimum atomic E-state index is -0.674. The summed E-state index contributed by atoms with van der Waals surface area (Å²) in [4.78, 5) is 15.0. The van der Waals surface area contributed by atoms with Gasteiger partial charge in [0.05, 0.1) is 15.7 Å². The van der Waals surface area contributed by atoms with Crippen LogP contribution in [0.4, 0.5) is 0 Å². The highest BCUT2D eigenvalue weighted by atomic mass is 79.9. The van der Waals surface area contributed by atoms with Crippen LogP contribution in [0.25, 0.3) is 0 Å². The van der Waals surface area contributed by atoms with E-state index in [9.17, 15) is 9.90 Å². The largest absolute Gasteiger partial charge is 0.481 e. The minimum Gasteiger partial charge on any atom is -0.481 e. The number of aliphatic carboxylic acids is 1. The van der Waals surface area contributed by atoms with Crippen LogP contribution in [0.2, 0.25) is 0 Å². The van der Waals surface area contributed by atoms with Gasteiger partial charge in [-0.05, 0) is 65.0 Å². The van der Waals surface area contributed by atoms with E-state index in [1.54, 1.807) is 11.3 Å². The lowest BCUT2D eigenvalue weighted by Gasteiger charge is -2.37. The molecule has 2 aromatic rings. The van der Waals surface area contributed by atoms with Crippen LogP contribution in [0.5, 0.6) is 0 Å². The van der Waals surface area contributed by atoms with Gasteiger partial charge in [-0.25, -0.2) is 0 Å². The van der Waals surface area contributed by atoms with Gasteiger partial charge in [-0.1, -0.05) is 31.2 Å². The minimum absolute atomic E-state index is 0.134. The van der Waals surface area contributed by atoms with Crippen LogP contribution in [0.15, 0.2) is 40.2 Å². The Kier molecular flexibility index (Phi) is 5.74. The molecule has 5 heteroatoms. The third kappa shape index (κ3) is 3.90. The normalized spacial score (nSPS) is 20.0. The number of hydrogen-bond donors (Lipinski definition) is 1. The van der Waals surface area contributed by atoms with Crippen LogP contribution in [-0.4, -0.2) is 29.1 Å². The SMILES string of the molecule is CCc1ccc(C(c2ccc(Br)s2)N2CCCC(C(=O)O)C2)cc1. The van der Waals surface area contributed by atoms with Crippen molar-refractivity contribution < 1.29 is 9.90 Å². The molecular weight excluding hydrogens is 386 g/mol. The van der Waals surface area contributed by atoms with Gasteiger partial charge in [0.1, 0.15) is 0 Å². The Morgan fingerprint density at radius 2 is 2.08 bits per heavy atom. The van der Waals surface area contributed by atoms with Crippen LogP contribution in [-0.2, 0) is 11.2 Å². The Balaban J connectivity index is 1.93. The van der Waals surface area contributed by atoms with E-state index in [2.05, 4.69) is 64.2 Å². The highest BCUT2D eigenvalue weighted by molar-refractivity contribution is 9.11. The third-order valence-electron chi connectivity index (χ3n) is 4.73. The molecule has 24 heavy (non-hydrogen) atoms. The summed E-state index contributed by atoms with van der Waals surface area (Å²) < 4.78 is 1.11. The van der Waals surface area contributed by atoms with E-state index >= 15 is 0 Å². The van der Waals surface area contributed by atoms with E-state index in [1.807, 2.05) is 0 Å². The summed E-state index contributed by atoms with van der Waals surface area (Å²) in [5.41, 5.74) is 2.57. The van der Waals surface area contributed by atoms with E-state index < -0.39 is 5.97 Å². The first kappa shape index (κ1) is 17.6. The number of carboxylic acids is 1. The monoisotopic (exact) mass is 407 g/mol. The zero-order valence-electron chi connectivity index (χ0n) is 13.7. The molecule has 3 rings (SSSR count). The second kappa shape index (κ2) is 7.81. The fourth-order valence-corrected chi connectivity index (χ4v) is 5.00. The molecular formula is C19H22BrNO2S. The lowest BCUT2D eigenvalue weighted by atomic mass is 9.94. The van der Waals surface area contributed by atoms with Crippen LogP contribution >= 0.6 is 27.3 Å². The molecule has 0 aliphatic carbocycles. The Labute approximate surface area is 155 Å². The van der Waals surface area contributed by atoms with E-state index in [0.29, 0.717) is 6.54 Å². The lowest BCUT2D eigenvalue weighted by molar-refractivity contribution is -0.143. The topological polar surface area (TPSA) is 40.5 Å². The number of hydrogen-bond acceptors (Lipinski definition) is 3. The van der Waals surface area contributed by atoms with E-state index in [-0.39, 0.29) is 12.0 Å².